The summed E-state index contributed by atoms with van der Waals surface area (Å²) in [5.74, 6) is 1.98. The molecule has 2 unspecified atom stereocenters. The van der Waals surface area contributed by atoms with Crippen molar-refractivity contribution in [3.8, 4) is 0 Å². The standard InChI is InChI=1S/C19H34/c1-2-7-13-19-15-9-4-3-8-14-18(12-6-1)16-10-5-11-17-19/h1,13,18-19H,2-12,14-17H2. The zero-order chi connectivity index (χ0) is 13.2. The van der Waals surface area contributed by atoms with E-state index >= 15 is 0 Å². The van der Waals surface area contributed by atoms with Crippen molar-refractivity contribution in [2.45, 2.75) is 96.3 Å². The van der Waals surface area contributed by atoms with Crippen LogP contribution in [0.3, 0.4) is 0 Å². The van der Waals surface area contributed by atoms with Gasteiger partial charge in [-0.3, -0.25) is 0 Å². The third kappa shape index (κ3) is 6.82. The summed E-state index contributed by atoms with van der Waals surface area (Å²) in [5, 5.41) is 0. The lowest BCUT2D eigenvalue weighted by atomic mass is 9.89. The van der Waals surface area contributed by atoms with Gasteiger partial charge in [0.15, 0.2) is 0 Å². The molecule has 0 amide bonds. The molecule has 2 aliphatic rings. The Morgan fingerprint density at radius 2 is 1.16 bits per heavy atom. The molecule has 2 aliphatic carbocycles. The van der Waals surface area contributed by atoms with Crippen LogP contribution in [0.25, 0.3) is 0 Å². The van der Waals surface area contributed by atoms with Crippen LogP contribution in [0.15, 0.2) is 0 Å². The molecular formula is C19H34. The predicted molar refractivity (Wildman–Crippen MR) is 84.8 cm³/mol. The van der Waals surface area contributed by atoms with E-state index in [1.807, 2.05) is 0 Å². The van der Waals surface area contributed by atoms with Gasteiger partial charge in [0.1, 0.15) is 0 Å². The van der Waals surface area contributed by atoms with Crippen molar-refractivity contribution in [1.29, 1.82) is 0 Å². The van der Waals surface area contributed by atoms with E-state index in [2.05, 4.69) is 12.8 Å². The highest BCUT2D eigenvalue weighted by Gasteiger charge is 2.13. The summed E-state index contributed by atoms with van der Waals surface area (Å²) in [4.78, 5) is 0. The summed E-state index contributed by atoms with van der Waals surface area (Å²) in [6.07, 6.45) is 27.2. The van der Waals surface area contributed by atoms with Gasteiger partial charge in [0.2, 0.25) is 0 Å². The van der Waals surface area contributed by atoms with Gasteiger partial charge in [0, 0.05) is 0 Å². The third-order valence-corrected chi connectivity index (χ3v) is 5.27. The molecule has 0 spiro atoms. The Labute approximate surface area is 121 Å². The Hall–Kier alpha value is 0. The summed E-state index contributed by atoms with van der Waals surface area (Å²) < 4.78 is 0. The van der Waals surface area contributed by atoms with Gasteiger partial charge in [-0.25, -0.2) is 0 Å². The van der Waals surface area contributed by atoms with Gasteiger partial charge in [-0.2, -0.15) is 0 Å². The fourth-order valence-corrected chi connectivity index (χ4v) is 3.97. The van der Waals surface area contributed by atoms with Gasteiger partial charge >= 0.3 is 0 Å². The van der Waals surface area contributed by atoms with Crippen molar-refractivity contribution in [1.82, 2.24) is 0 Å². The Kier molecular flexibility index (Phi) is 7.97. The second-order valence-electron chi connectivity index (χ2n) is 6.93. The molecule has 0 aromatic rings. The molecule has 0 heteroatoms. The van der Waals surface area contributed by atoms with E-state index in [1.54, 1.807) is 0 Å². The van der Waals surface area contributed by atoms with Crippen molar-refractivity contribution in [3.05, 3.63) is 12.8 Å². The number of fused-ring (bicyclic) bond motifs is 6. The maximum Gasteiger partial charge on any atom is -0.0355 e. The molecular weight excluding hydrogens is 228 g/mol. The number of rotatable bonds is 0. The molecule has 19 heavy (non-hydrogen) atoms. The molecule has 0 saturated heterocycles. The van der Waals surface area contributed by atoms with E-state index in [4.69, 9.17) is 0 Å². The van der Waals surface area contributed by atoms with Crippen LogP contribution in [0, 0.1) is 24.7 Å². The van der Waals surface area contributed by atoms with Crippen LogP contribution in [0.2, 0.25) is 0 Å². The van der Waals surface area contributed by atoms with E-state index < -0.39 is 0 Å². The van der Waals surface area contributed by atoms with Gasteiger partial charge < -0.3 is 0 Å². The highest BCUT2D eigenvalue weighted by Crippen LogP contribution is 2.29. The first kappa shape index (κ1) is 15.4. The molecule has 0 nitrogen and oxygen atoms in total. The van der Waals surface area contributed by atoms with Crippen LogP contribution in [-0.2, 0) is 0 Å². The molecule has 0 aromatic carbocycles. The molecule has 2 atom stereocenters. The van der Waals surface area contributed by atoms with Crippen LogP contribution in [0.5, 0.6) is 0 Å². The van der Waals surface area contributed by atoms with Crippen molar-refractivity contribution in [2.24, 2.45) is 11.8 Å². The molecule has 0 heterocycles. The zero-order valence-corrected chi connectivity index (χ0v) is 12.9. The Morgan fingerprint density at radius 3 is 1.89 bits per heavy atom. The first-order valence-corrected chi connectivity index (χ1v) is 9.10. The minimum absolute atomic E-state index is 0.936. The predicted octanol–water partition coefficient (Wildman–Crippen LogP) is 6.51. The van der Waals surface area contributed by atoms with Crippen LogP contribution in [-0.4, -0.2) is 0 Å². The molecule has 2 bridgehead atoms. The topological polar surface area (TPSA) is 0 Å². The third-order valence-electron chi connectivity index (χ3n) is 5.27. The van der Waals surface area contributed by atoms with E-state index in [1.165, 1.54) is 96.3 Å². The quantitative estimate of drug-likeness (QED) is 0.467. The number of hydrogen-bond acceptors (Lipinski definition) is 0. The molecule has 0 aromatic heterocycles. The minimum Gasteiger partial charge on any atom is -0.0533 e. The monoisotopic (exact) mass is 262 g/mol. The smallest absolute Gasteiger partial charge is 0.0355 e. The Bertz CT molecular complexity index is 170. The highest BCUT2D eigenvalue weighted by atomic mass is 14.2. The Morgan fingerprint density at radius 1 is 0.526 bits per heavy atom. The average molecular weight is 262 g/mol. The van der Waals surface area contributed by atoms with Crippen LogP contribution in [0.1, 0.15) is 96.3 Å². The van der Waals surface area contributed by atoms with Crippen molar-refractivity contribution >= 4 is 0 Å². The van der Waals surface area contributed by atoms with Crippen molar-refractivity contribution in [3.63, 3.8) is 0 Å². The average Bonchev–Trinajstić information content (AvgIpc) is 2.46. The molecule has 2 rings (SSSR count). The first-order chi connectivity index (χ1) is 9.45. The summed E-state index contributed by atoms with van der Waals surface area (Å²) in [5.41, 5.74) is 0. The molecule has 2 fully saturated rings. The van der Waals surface area contributed by atoms with Crippen LogP contribution in [0.4, 0.5) is 0 Å². The molecule has 0 N–H and O–H groups in total. The lowest BCUT2D eigenvalue weighted by Crippen LogP contribution is -2.03. The number of hydrogen-bond donors (Lipinski definition) is 0. The minimum atomic E-state index is 0.936. The molecule has 110 valence electrons. The van der Waals surface area contributed by atoms with Gasteiger partial charge in [-0.1, -0.05) is 77.0 Å². The van der Waals surface area contributed by atoms with E-state index in [9.17, 15) is 0 Å². The normalized spacial score (nSPS) is 32.8. The SMILES string of the molecule is [CH]1CC[CH]C2CCCCCCC(CC1)CCCCC2. The maximum absolute atomic E-state index is 2.66. The second-order valence-corrected chi connectivity index (χ2v) is 6.93. The van der Waals surface area contributed by atoms with Crippen LogP contribution < -0.4 is 0 Å². The van der Waals surface area contributed by atoms with Gasteiger partial charge in [-0.05, 0) is 43.9 Å². The fraction of sp³-hybridized carbons (Fsp3) is 0.895. The van der Waals surface area contributed by atoms with Crippen LogP contribution >= 0.6 is 0 Å². The summed E-state index contributed by atoms with van der Waals surface area (Å²) in [7, 11) is 0. The van der Waals surface area contributed by atoms with Crippen molar-refractivity contribution in [2.75, 3.05) is 0 Å². The van der Waals surface area contributed by atoms with E-state index in [0.717, 1.165) is 11.8 Å². The molecule has 2 radical (unpaired) electrons. The van der Waals surface area contributed by atoms with Gasteiger partial charge in [0.25, 0.3) is 0 Å². The maximum atomic E-state index is 2.66. The zero-order valence-electron chi connectivity index (χ0n) is 12.9. The van der Waals surface area contributed by atoms with Crippen molar-refractivity contribution < 1.29 is 0 Å². The van der Waals surface area contributed by atoms with Gasteiger partial charge in [-0.15, -0.1) is 0 Å². The summed E-state index contributed by atoms with van der Waals surface area (Å²) in [6.45, 7) is 0. The lowest BCUT2D eigenvalue weighted by Gasteiger charge is -2.17. The molecule has 2 saturated carbocycles. The fourth-order valence-electron chi connectivity index (χ4n) is 3.97. The summed E-state index contributed by atoms with van der Waals surface area (Å²) >= 11 is 0. The Balaban J connectivity index is 1.90. The van der Waals surface area contributed by atoms with Gasteiger partial charge in [0.05, 0.1) is 0 Å². The van der Waals surface area contributed by atoms with E-state index in [0.29, 0.717) is 0 Å². The largest absolute Gasteiger partial charge is 0.0533 e. The first-order valence-electron chi connectivity index (χ1n) is 9.10. The highest BCUT2D eigenvalue weighted by molar-refractivity contribution is 4.81. The molecule has 0 aliphatic heterocycles. The van der Waals surface area contributed by atoms with E-state index in [-0.39, 0.29) is 0 Å². The second kappa shape index (κ2) is 9.83. The summed E-state index contributed by atoms with van der Waals surface area (Å²) in [6, 6.07) is 0. The lowest BCUT2D eigenvalue weighted by molar-refractivity contribution is 0.382.